The molecular formula is C10H14F6N5OP. The second-order valence-electron chi connectivity index (χ2n) is 4.24. The normalized spacial score (nSPS) is 15.6. The van der Waals surface area contributed by atoms with Crippen LogP contribution in [-0.2, 0) is 4.84 Å². The van der Waals surface area contributed by atoms with E-state index in [1.165, 1.54) is 0 Å². The first-order chi connectivity index (χ1) is 9.92. The first-order valence-electron chi connectivity index (χ1n) is 5.85. The largest absolute Gasteiger partial charge is 1.00 e. The maximum Gasteiger partial charge on any atom is 0.492 e. The predicted molar refractivity (Wildman–Crippen MR) is 71.1 cm³/mol. The third-order valence-corrected chi connectivity index (χ3v) is 2.18. The molecule has 0 N–H and O–H groups in total. The minimum atomic E-state index is -8.55. The van der Waals surface area contributed by atoms with E-state index in [0.29, 0.717) is 6.02 Å². The van der Waals surface area contributed by atoms with Crippen molar-refractivity contribution in [2.45, 2.75) is 12.8 Å². The summed E-state index contributed by atoms with van der Waals surface area (Å²) in [6, 6.07) is 2.23. The van der Waals surface area contributed by atoms with Crippen LogP contribution in [-0.4, -0.2) is 48.5 Å². The Hall–Kier alpha value is -2.07. The predicted octanol–water partition coefficient (Wildman–Crippen LogP) is 0.449. The van der Waals surface area contributed by atoms with E-state index in [1.54, 1.807) is 10.6 Å². The monoisotopic (exact) mass is 365 g/mol. The number of amidine groups is 2. The van der Waals surface area contributed by atoms with E-state index >= 15 is 0 Å². The summed E-state index contributed by atoms with van der Waals surface area (Å²) in [5.74, 6) is -0.293. The van der Waals surface area contributed by atoms with Gasteiger partial charge < -0.3 is 9.55 Å². The maximum atomic E-state index is 9.84. The number of rotatable bonds is 1. The van der Waals surface area contributed by atoms with Crippen molar-refractivity contribution in [2.24, 2.45) is 5.16 Å². The molecule has 0 saturated carbocycles. The number of likely N-dealkylation sites (tertiary alicyclic amines) is 1. The van der Waals surface area contributed by atoms with Gasteiger partial charge in [-0.05, 0) is 12.8 Å². The van der Waals surface area contributed by atoms with Crippen molar-refractivity contribution in [3.05, 3.63) is 11.4 Å². The molecule has 1 saturated heterocycles. The number of halogens is 6. The van der Waals surface area contributed by atoms with Gasteiger partial charge >= 0.3 is 41.0 Å². The molecule has 0 aliphatic carbocycles. The number of nitrogens with zero attached hydrogens (tertiary/aromatic N) is 5. The summed E-state index contributed by atoms with van der Waals surface area (Å²) < 4.78 is 51.0. The molecule has 0 aromatic carbocycles. The summed E-state index contributed by atoms with van der Waals surface area (Å²) in [4.78, 5) is 10.1. The molecule has 0 spiro atoms. The fourth-order valence-electron chi connectivity index (χ4n) is 1.48. The Morgan fingerprint density at radius 2 is 1.70 bits per heavy atom. The molecule has 132 valence electrons. The van der Waals surface area contributed by atoms with Gasteiger partial charge in [-0.25, -0.2) is 14.7 Å². The third kappa shape index (κ3) is 13.3. The molecule has 1 rings (SSSR count). The summed E-state index contributed by atoms with van der Waals surface area (Å²) in [5, 5.41) is 12.0. The molecule has 0 unspecified atom stereocenters. The second-order valence-corrected chi connectivity index (χ2v) is 5.52. The van der Waals surface area contributed by atoms with Crippen LogP contribution < -0.4 is 4.70 Å². The van der Waals surface area contributed by atoms with Crippen LogP contribution in [0.2, 0.25) is 0 Å². The standard InChI is InChI=1S/C10H14N5O.F5P.FH/c1-12-9(8-11)13-16-10(14(2)3)15-6-4-5-7-15;1-6(2,3,4)5;/h4-7H2,2-3H3;;1H/q+1;;/p-1/b13-9+;;. The van der Waals surface area contributed by atoms with Gasteiger partial charge in [-0.15, -0.1) is 0 Å². The third-order valence-electron chi connectivity index (χ3n) is 2.18. The fourth-order valence-corrected chi connectivity index (χ4v) is 1.48. The molecule has 1 aliphatic heterocycles. The molecule has 0 atom stereocenters. The zero-order valence-corrected chi connectivity index (χ0v) is 13.1. The Labute approximate surface area is 129 Å². The van der Waals surface area contributed by atoms with Gasteiger partial charge in [-0.1, -0.05) is 6.57 Å². The van der Waals surface area contributed by atoms with E-state index in [9.17, 15) is 21.0 Å². The molecule has 1 fully saturated rings. The van der Waals surface area contributed by atoms with E-state index in [1.807, 2.05) is 19.0 Å². The first-order valence-corrected chi connectivity index (χ1v) is 7.54. The molecule has 0 aromatic rings. The summed E-state index contributed by atoms with van der Waals surface area (Å²) in [6.45, 7) is 8.52. The van der Waals surface area contributed by atoms with Gasteiger partial charge in [0.2, 0.25) is 0 Å². The van der Waals surface area contributed by atoms with Gasteiger partial charge in [0.05, 0.1) is 32.3 Å². The van der Waals surface area contributed by atoms with Crippen LogP contribution in [0.4, 0.5) is 21.0 Å². The maximum absolute atomic E-state index is 9.84. The Kier molecular flexibility index (Phi) is 9.23. The van der Waals surface area contributed by atoms with Gasteiger partial charge in [0.25, 0.3) is 0 Å². The number of oxime groups is 1. The van der Waals surface area contributed by atoms with Gasteiger partial charge in [0.1, 0.15) is 6.07 Å². The van der Waals surface area contributed by atoms with Crippen LogP contribution in [0.3, 0.4) is 0 Å². The summed E-state index contributed by atoms with van der Waals surface area (Å²) >= 11 is 0. The Bertz CT molecular complexity index is 502. The van der Waals surface area contributed by atoms with E-state index < -0.39 is 8.16 Å². The molecule has 0 aromatic heterocycles. The molecule has 13 heteroatoms. The second kappa shape index (κ2) is 9.16. The quantitative estimate of drug-likeness (QED) is 0.129. The van der Waals surface area contributed by atoms with Crippen LogP contribution >= 0.6 is 8.16 Å². The zero-order valence-electron chi connectivity index (χ0n) is 12.2. The number of hydrogen-bond donors (Lipinski definition) is 0. The zero-order chi connectivity index (χ0) is 17.4. The van der Waals surface area contributed by atoms with Crippen LogP contribution in [0.25, 0.3) is 4.85 Å². The van der Waals surface area contributed by atoms with Crippen LogP contribution in [0.1, 0.15) is 12.8 Å². The van der Waals surface area contributed by atoms with Crippen molar-refractivity contribution < 1.29 is 35.1 Å². The number of nitriles is 1. The summed E-state index contributed by atoms with van der Waals surface area (Å²) in [5.41, 5.74) is 0. The van der Waals surface area contributed by atoms with Gasteiger partial charge in [0.15, 0.2) is 0 Å². The van der Waals surface area contributed by atoms with Gasteiger partial charge in [0, 0.05) is 0 Å². The van der Waals surface area contributed by atoms with Crippen molar-refractivity contribution in [1.82, 2.24) is 4.90 Å². The molecule has 0 bridgehead atoms. The van der Waals surface area contributed by atoms with Gasteiger partial charge in [-0.2, -0.15) is 4.84 Å². The molecule has 6 nitrogen and oxygen atoms in total. The van der Waals surface area contributed by atoms with Crippen molar-refractivity contribution in [1.29, 1.82) is 5.26 Å². The SMILES string of the molecule is FP(F)(F)(F)F.[C-]#[N+]/C(C#N)=N/OC(N1CCCC1)=[N+](C)C.[F-]. The van der Waals surface area contributed by atoms with Gasteiger partial charge in [-0.3, -0.25) is 0 Å². The van der Waals surface area contributed by atoms with Crippen LogP contribution in [0.5, 0.6) is 0 Å². The van der Waals surface area contributed by atoms with Crippen LogP contribution in [0, 0.1) is 17.9 Å². The minimum Gasteiger partial charge on any atom is -1.00 e. The molecule has 1 aliphatic rings. The average molecular weight is 365 g/mol. The molecule has 1 heterocycles. The van der Waals surface area contributed by atoms with E-state index in [-0.39, 0.29) is 10.5 Å². The Morgan fingerprint density at radius 1 is 1.26 bits per heavy atom. The van der Waals surface area contributed by atoms with E-state index in [4.69, 9.17) is 16.7 Å². The van der Waals surface area contributed by atoms with Crippen molar-refractivity contribution in [3.63, 3.8) is 0 Å². The summed E-state index contributed by atoms with van der Waals surface area (Å²) in [7, 11) is -4.87. The first kappa shape index (κ1) is 23.2. The smallest absolute Gasteiger partial charge is 0.492 e. The topological polar surface area (TPSA) is 56.0 Å². The molecule has 0 amide bonds. The van der Waals surface area contributed by atoms with Crippen molar-refractivity contribution >= 4 is 20.0 Å². The van der Waals surface area contributed by atoms with E-state index in [0.717, 1.165) is 25.9 Å². The number of hydrogen-bond acceptors (Lipinski definition) is 3. The molecule has 0 radical (unpaired) electrons. The van der Waals surface area contributed by atoms with Crippen molar-refractivity contribution in [3.8, 4) is 6.07 Å². The molecule has 23 heavy (non-hydrogen) atoms. The Balaban J connectivity index is 0. The fraction of sp³-hybridized carbons (Fsp3) is 0.600. The average Bonchev–Trinajstić information content (AvgIpc) is 2.84. The van der Waals surface area contributed by atoms with Crippen molar-refractivity contribution in [2.75, 3.05) is 27.2 Å². The molecular weight excluding hydrogens is 351 g/mol. The summed E-state index contributed by atoms with van der Waals surface area (Å²) in [6.07, 6.45) is 2.25. The van der Waals surface area contributed by atoms with Crippen LogP contribution in [0.15, 0.2) is 5.16 Å². The minimum absolute atomic E-state index is 0. The Morgan fingerprint density at radius 3 is 2.00 bits per heavy atom. The van der Waals surface area contributed by atoms with E-state index in [2.05, 4.69) is 10.0 Å².